The quantitative estimate of drug-likeness (QED) is 0.720. The number of rotatable bonds is 1. The molecule has 0 saturated heterocycles. The molecule has 0 spiro atoms. The minimum Gasteiger partial charge on any atom is -0.256 e. The van der Waals surface area contributed by atoms with Crippen molar-refractivity contribution in [2.45, 2.75) is 13.8 Å². The Morgan fingerprint density at radius 3 is 2.38 bits per heavy atom. The van der Waals surface area contributed by atoms with Crippen LogP contribution >= 0.6 is 31.9 Å². The summed E-state index contributed by atoms with van der Waals surface area (Å²) in [6.07, 6.45) is 1.83. The third-order valence-corrected chi connectivity index (χ3v) is 4.38. The number of aromatic nitrogens is 1. The molecule has 16 heavy (non-hydrogen) atoms. The maximum atomic E-state index is 4.46. The van der Waals surface area contributed by atoms with Crippen molar-refractivity contribution in [2.75, 3.05) is 0 Å². The molecule has 0 aliphatic carbocycles. The normalized spacial score (nSPS) is 10.5. The number of benzene rings is 1. The summed E-state index contributed by atoms with van der Waals surface area (Å²) in [5, 5.41) is 0. The van der Waals surface area contributed by atoms with Gasteiger partial charge in [0.05, 0.1) is 5.69 Å². The van der Waals surface area contributed by atoms with E-state index in [0.717, 1.165) is 14.6 Å². The molecule has 2 rings (SSSR count). The van der Waals surface area contributed by atoms with E-state index >= 15 is 0 Å². The molecule has 1 aromatic carbocycles. The first-order chi connectivity index (χ1) is 7.61. The maximum absolute atomic E-state index is 4.46. The Bertz CT molecular complexity index is 486. The fraction of sp³-hybridized carbons (Fsp3) is 0.154. The van der Waals surface area contributed by atoms with Crippen molar-refractivity contribution in [3.8, 4) is 11.3 Å². The molecule has 0 aliphatic rings. The van der Waals surface area contributed by atoms with Crippen LogP contribution in [0.2, 0.25) is 0 Å². The van der Waals surface area contributed by atoms with Crippen LogP contribution in [0.5, 0.6) is 0 Å². The van der Waals surface area contributed by atoms with Gasteiger partial charge in [0.1, 0.15) is 0 Å². The molecule has 0 bridgehead atoms. The van der Waals surface area contributed by atoms with Gasteiger partial charge >= 0.3 is 0 Å². The van der Waals surface area contributed by atoms with Crippen molar-refractivity contribution in [3.63, 3.8) is 0 Å². The van der Waals surface area contributed by atoms with E-state index in [1.165, 1.54) is 16.7 Å². The third kappa shape index (κ3) is 2.06. The van der Waals surface area contributed by atoms with Gasteiger partial charge in [0, 0.05) is 20.7 Å². The lowest BCUT2D eigenvalue weighted by Crippen LogP contribution is -1.92. The number of nitrogens with zero attached hydrogens (tertiary/aromatic N) is 1. The van der Waals surface area contributed by atoms with Crippen molar-refractivity contribution < 1.29 is 0 Å². The van der Waals surface area contributed by atoms with Crippen molar-refractivity contribution in [1.29, 1.82) is 0 Å². The lowest BCUT2D eigenvalue weighted by molar-refractivity contribution is 1.24. The zero-order chi connectivity index (χ0) is 11.7. The van der Waals surface area contributed by atoms with Crippen LogP contribution in [-0.2, 0) is 0 Å². The topological polar surface area (TPSA) is 12.9 Å². The fourth-order valence-electron chi connectivity index (χ4n) is 1.65. The van der Waals surface area contributed by atoms with E-state index in [4.69, 9.17) is 0 Å². The second-order valence-corrected chi connectivity index (χ2v) is 5.39. The lowest BCUT2D eigenvalue weighted by atomic mass is 10.0. The first-order valence-corrected chi connectivity index (χ1v) is 6.56. The number of hydrogen-bond donors (Lipinski definition) is 0. The smallest absolute Gasteiger partial charge is 0.0745 e. The summed E-state index contributed by atoms with van der Waals surface area (Å²) in [6, 6.07) is 8.15. The molecule has 0 fully saturated rings. The molecule has 0 N–H and O–H groups in total. The Labute approximate surface area is 112 Å². The van der Waals surface area contributed by atoms with Gasteiger partial charge in [-0.1, -0.05) is 44.0 Å². The summed E-state index contributed by atoms with van der Waals surface area (Å²) in [4.78, 5) is 4.46. The van der Waals surface area contributed by atoms with Crippen LogP contribution in [0.4, 0.5) is 0 Å². The number of pyridine rings is 1. The summed E-state index contributed by atoms with van der Waals surface area (Å²) in [5.74, 6) is 0. The summed E-state index contributed by atoms with van der Waals surface area (Å²) < 4.78 is 2.21. The predicted octanol–water partition coefficient (Wildman–Crippen LogP) is 4.89. The highest BCUT2D eigenvalue weighted by Gasteiger charge is 2.09. The van der Waals surface area contributed by atoms with Gasteiger partial charge in [0.25, 0.3) is 0 Å². The first-order valence-electron chi connectivity index (χ1n) is 4.98. The van der Waals surface area contributed by atoms with Gasteiger partial charge in [-0.05, 0) is 37.1 Å². The zero-order valence-corrected chi connectivity index (χ0v) is 12.3. The lowest BCUT2D eigenvalue weighted by Gasteiger charge is -2.10. The highest BCUT2D eigenvalue weighted by Crippen LogP contribution is 2.31. The Morgan fingerprint density at radius 2 is 1.62 bits per heavy atom. The average molecular weight is 341 g/mol. The number of hydrogen-bond acceptors (Lipinski definition) is 1. The maximum Gasteiger partial charge on any atom is 0.0745 e. The molecule has 3 heteroatoms. The molecular weight excluding hydrogens is 330 g/mol. The molecule has 0 unspecified atom stereocenters. The zero-order valence-electron chi connectivity index (χ0n) is 9.09. The second-order valence-electron chi connectivity index (χ2n) is 3.68. The highest BCUT2D eigenvalue weighted by atomic mass is 79.9. The van der Waals surface area contributed by atoms with Gasteiger partial charge in [-0.2, -0.15) is 0 Å². The molecule has 0 amide bonds. The van der Waals surface area contributed by atoms with Crippen LogP contribution in [0.1, 0.15) is 11.1 Å². The van der Waals surface area contributed by atoms with Gasteiger partial charge in [-0.25, -0.2) is 0 Å². The van der Waals surface area contributed by atoms with Crippen LogP contribution in [0, 0.1) is 13.8 Å². The predicted molar refractivity (Wildman–Crippen MR) is 74.5 cm³/mol. The summed E-state index contributed by atoms with van der Waals surface area (Å²) in [7, 11) is 0. The summed E-state index contributed by atoms with van der Waals surface area (Å²) in [6.45, 7) is 4.17. The third-order valence-electron chi connectivity index (χ3n) is 2.66. The standard InChI is InChI=1S/C13H11Br2N/c1-8-10(4-3-5-11(8)14)13-9(2)12(15)6-7-16-13/h3-7H,1-2H3. The van der Waals surface area contributed by atoms with E-state index in [-0.39, 0.29) is 0 Å². The van der Waals surface area contributed by atoms with Gasteiger partial charge in [0.2, 0.25) is 0 Å². The van der Waals surface area contributed by atoms with Crippen LogP contribution in [0.15, 0.2) is 39.4 Å². The van der Waals surface area contributed by atoms with Gasteiger partial charge in [-0.15, -0.1) is 0 Å². The Kier molecular flexibility index (Phi) is 3.45. The number of halogens is 2. The molecule has 1 aromatic heterocycles. The minimum atomic E-state index is 1.04. The summed E-state index contributed by atoms with van der Waals surface area (Å²) >= 11 is 7.08. The fourth-order valence-corrected chi connectivity index (χ4v) is 2.32. The van der Waals surface area contributed by atoms with Gasteiger partial charge < -0.3 is 0 Å². The van der Waals surface area contributed by atoms with Crippen LogP contribution < -0.4 is 0 Å². The van der Waals surface area contributed by atoms with E-state index in [0.29, 0.717) is 0 Å². The van der Waals surface area contributed by atoms with Gasteiger partial charge in [-0.3, -0.25) is 4.98 Å². The molecule has 1 nitrogen and oxygen atoms in total. The molecule has 0 atom stereocenters. The highest BCUT2D eigenvalue weighted by molar-refractivity contribution is 9.10. The van der Waals surface area contributed by atoms with Crippen molar-refractivity contribution in [1.82, 2.24) is 4.98 Å². The largest absolute Gasteiger partial charge is 0.256 e. The monoisotopic (exact) mass is 339 g/mol. The van der Waals surface area contributed by atoms with E-state index in [2.05, 4.69) is 56.8 Å². The average Bonchev–Trinajstić information content (AvgIpc) is 2.27. The van der Waals surface area contributed by atoms with Crippen molar-refractivity contribution in [3.05, 3.63) is 50.5 Å². The first kappa shape index (κ1) is 11.8. The van der Waals surface area contributed by atoms with E-state index in [1.54, 1.807) is 0 Å². The molecule has 0 radical (unpaired) electrons. The van der Waals surface area contributed by atoms with Gasteiger partial charge in [0.15, 0.2) is 0 Å². The molecule has 2 aromatic rings. The molecule has 82 valence electrons. The van der Waals surface area contributed by atoms with E-state index in [9.17, 15) is 0 Å². The van der Waals surface area contributed by atoms with Crippen LogP contribution in [0.3, 0.4) is 0 Å². The SMILES string of the molecule is Cc1c(Br)cccc1-c1nccc(Br)c1C. The second kappa shape index (κ2) is 4.68. The molecule has 0 aliphatic heterocycles. The van der Waals surface area contributed by atoms with Crippen molar-refractivity contribution >= 4 is 31.9 Å². The van der Waals surface area contributed by atoms with Crippen LogP contribution in [0.25, 0.3) is 11.3 Å². The Hall–Kier alpha value is -0.670. The molecular formula is C13H11Br2N. The minimum absolute atomic E-state index is 1.04. The Balaban J connectivity index is 2.68. The summed E-state index contributed by atoms with van der Waals surface area (Å²) in [5.41, 5.74) is 4.60. The van der Waals surface area contributed by atoms with E-state index in [1.807, 2.05) is 24.4 Å². The van der Waals surface area contributed by atoms with E-state index < -0.39 is 0 Å². The molecule has 0 saturated carbocycles. The van der Waals surface area contributed by atoms with Crippen LogP contribution in [-0.4, -0.2) is 4.98 Å². The van der Waals surface area contributed by atoms with Crippen molar-refractivity contribution in [2.24, 2.45) is 0 Å². The Morgan fingerprint density at radius 1 is 0.938 bits per heavy atom. The molecule has 1 heterocycles.